The Bertz CT molecular complexity index is 436. The maximum Gasteiger partial charge on any atom is 0.374 e. The second-order valence-corrected chi connectivity index (χ2v) is 5.48. The minimum atomic E-state index is -0.405. The molecule has 1 aromatic rings. The molecule has 1 fully saturated rings. The Balaban J connectivity index is 1.93. The first-order valence-corrected chi connectivity index (χ1v) is 7.18. The fourth-order valence-corrected chi connectivity index (χ4v) is 2.94. The number of carbonyl (C=O) groups is 1. The minimum Gasteiger partial charge on any atom is -0.463 e. The van der Waals surface area contributed by atoms with E-state index in [1.54, 1.807) is 6.26 Å². The van der Waals surface area contributed by atoms with Crippen LogP contribution in [0.15, 0.2) is 16.7 Å². The van der Waals surface area contributed by atoms with Crippen LogP contribution in [0.5, 0.6) is 0 Å². The first-order chi connectivity index (χ1) is 9.65. The van der Waals surface area contributed by atoms with Gasteiger partial charge in [-0.05, 0) is 45.8 Å². The van der Waals surface area contributed by atoms with Gasteiger partial charge in [0.1, 0.15) is 0 Å². The number of esters is 1. The highest BCUT2D eigenvalue weighted by atomic mass is 16.5. The number of hydrogen-bond donors (Lipinski definition) is 1. The molecule has 0 unspecified atom stereocenters. The number of nitrogens with zero attached hydrogens (tertiary/aromatic N) is 1. The van der Waals surface area contributed by atoms with Crippen LogP contribution in [0.1, 0.15) is 41.8 Å². The van der Waals surface area contributed by atoms with E-state index in [0.717, 1.165) is 12.1 Å². The highest BCUT2D eigenvalue weighted by Crippen LogP contribution is 2.24. The lowest BCUT2D eigenvalue weighted by Crippen LogP contribution is -2.39. The largest absolute Gasteiger partial charge is 0.463 e. The molecule has 0 amide bonds. The summed E-state index contributed by atoms with van der Waals surface area (Å²) in [5, 5.41) is 3.35. The van der Waals surface area contributed by atoms with Crippen molar-refractivity contribution in [1.29, 1.82) is 0 Å². The van der Waals surface area contributed by atoms with Crippen molar-refractivity contribution >= 4 is 5.97 Å². The van der Waals surface area contributed by atoms with Crippen LogP contribution in [-0.4, -0.2) is 44.2 Å². The second-order valence-electron chi connectivity index (χ2n) is 5.48. The molecule has 0 aliphatic heterocycles. The van der Waals surface area contributed by atoms with Gasteiger partial charge in [-0.2, -0.15) is 0 Å². The average Bonchev–Trinajstić information content (AvgIpc) is 2.94. The van der Waals surface area contributed by atoms with E-state index >= 15 is 0 Å². The third-order valence-corrected chi connectivity index (χ3v) is 4.27. The fourth-order valence-electron chi connectivity index (χ4n) is 2.94. The lowest BCUT2D eigenvalue weighted by atomic mass is 9.90. The predicted molar refractivity (Wildman–Crippen MR) is 76.6 cm³/mol. The molecule has 20 heavy (non-hydrogen) atoms. The van der Waals surface area contributed by atoms with Crippen LogP contribution in [0, 0.1) is 0 Å². The van der Waals surface area contributed by atoms with Crippen LogP contribution in [-0.2, 0) is 11.3 Å². The van der Waals surface area contributed by atoms with Crippen LogP contribution >= 0.6 is 0 Å². The van der Waals surface area contributed by atoms with Gasteiger partial charge in [-0.3, -0.25) is 4.90 Å². The summed E-state index contributed by atoms with van der Waals surface area (Å²) >= 11 is 0. The molecule has 112 valence electrons. The lowest BCUT2D eigenvalue weighted by Gasteiger charge is -2.34. The molecule has 1 aliphatic rings. The van der Waals surface area contributed by atoms with Crippen LogP contribution < -0.4 is 5.32 Å². The van der Waals surface area contributed by atoms with Gasteiger partial charge in [0.15, 0.2) is 0 Å². The zero-order valence-corrected chi connectivity index (χ0v) is 12.5. The summed E-state index contributed by atoms with van der Waals surface area (Å²) in [5.41, 5.74) is 0.898. The molecule has 0 radical (unpaired) electrons. The van der Waals surface area contributed by atoms with Gasteiger partial charge in [-0.1, -0.05) is 0 Å². The van der Waals surface area contributed by atoms with Crippen LogP contribution in [0.4, 0.5) is 0 Å². The average molecular weight is 280 g/mol. The van der Waals surface area contributed by atoms with Crippen molar-refractivity contribution in [2.45, 2.75) is 44.3 Å². The van der Waals surface area contributed by atoms with Crippen molar-refractivity contribution in [3.63, 3.8) is 0 Å². The zero-order chi connectivity index (χ0) is 14.5. The summed E-state index contributed by atoms with van der Waals surface area (Å²) < 4.78 is 9.96. The van der Waals surface area contributed by atoms with Gasteiger partial charge in [0.05, 0.1) is 13.4 Å². The molecule has 1 N–H and O–H groups in total. The van der Waals surface area contributed by atoms with E-state index in [-0.39, 0.29) is 0 Å². The van der Waals surface area contributed by atoms with Gasteiger partial charge in [0.2, 0.25) is 5.76 Å². The summed E-state index contributed by atoms with van der Waals surface area (Å²) in [5.74, 6) is -0.0828. The number of carbonyl (C=O) groups excluding carboxylic acids is 1. The summed E-state index contributed by atoms with van der Waals surface area (Å²) in [6.45, 7) is 0.718. The van der Waals surface area contributed by atoms with Crippen molar-refractivity contribution < 1.29 is 13.9 Å². The smallest absolute Gasteiger partial charge is 0.374 e. The third kappa shape index (κ3) is 3.41. The molecular formula is C15H24N2O3. The molecule has 1 aliphatic carbocycles. The Morgan fingerprint density at radius 1 is 1.45 bits per heavy atom. The number of nitrogens with one attached hydrogen (secondary N) is 1. The molecule has 5 heteroatoms. The zero-order valence-electron chi connectivity index (χ0n) is 12.5. The number of ether oxygens (including phenoxy) is 1. The van der Waals surface area contributed by atoms with Crippen molar-refractivity contribution in [3.8, 4) is 0 Å². The fraction of sp³-hybridized carbons (Fsp3) is 0.667. The predicted octanol–water partition coefficient (Wildman–Crippen LogP) is 2.03. The normalized spacial score (nSPS) is 23.0. The Labute approximate surface area is 120 Å². The van der Waals surface area contributed by atoms with E-state index in [9.17, 15) is 4.79 Å². The first kappa shape index (κ1) is 15.1. The molecule has 0 saturated heterocycles. The Morgan fingerprint density at radius 2 is 2.15 bits per heavy atom. The number of methoxy groups -OCH3 is 1. The monoisotopic (exact) mass is 280 g/mol. The minimum absolute atomic E-state index is 0.322. The van der Waals surface area contributed by atoms with Gasteiger partial charge in [-0.25, -0.2) is 4.79 Å². The number of furan rings is 1. The van der Waals surface area contributed by atoms with Crippen LogP contribution in [0.25, 0.3) is 0 Å². The second kappa shape index (κ2) is 6.90. The van der Waals surface area contributed by atoms with Gasteiger partial charge in [-0.15, -0.1) is 0 Å². The van der Waals surface area contributed by atoms with E-state index < -0.39 is 5.97 Å². The number of rotatable bonds is 5. The molecule has 0 spiro atoms. The maximum absolute atomic E-state index is 11.6. The van der Waals surface area contributed by atoms with E-state index in [1.807, 2.05) is 13.1 Å². The van der Waals surface area contributed by atoms with Gasteiger partial charge in [0.25, 0.3) is 0 Å². The standard InChI is InChI=1S/C15H24N2O3/c1-16-12-4-6-13(7-5-12)17(2)10-11-8-9-20-14(11)15(18)19-3/h8-9,12-13,16H,4-7,10H2,1-3H3. The summed E-state index contributed by atoms with van der Waals surface area (Å²) in [6, 6.07) is 3.07. The molecule has 0 atom stereocenters. The van der Waals surface area contributed by atoms with E-state index in [0.29, 0.717) is 17.8 Å². The van der Waals surface area contributed by atoms with Crippen molar-refractivity contribution in [2.24, 2.45) is 0 Å². The topological polar surface area (TPSA) is 54.7 Å². The van der Waals surface area contributed by atoms with E-state index in [1.165, 1.54) is 32.8 Å². The van der Waals surface area contributed by atoms with Gasteiger partial charge < -0.3 is 14.5 Å². The summed E-state index contributed by atoms with van der Waals surface area (Å²) in [4.78, 5) is 13.9. The molecular weight excluding hydrogens is 256 g/mol. The van der Waals surface area contributed by atoms with Gasteiger partial charge in [0, 0.05) is 24.2 Å². The van der Waals surface area contributed by atoms with Crippen molar-refractivity contribution in [3.05, 3.63) is 23.7 Å². The third-order valence-electron chi connectivity index (χ3n) is 4.27. The Kier molecular flexibility index (Phi) is 5.20. The molecule has 0 bridgehead atoms. The molecule has 1 saturated carbocycles. The highest BCUT2D eigenvalue weighted by molar-refractivity contribution is 5.87. The molecule has 0 aromatic carbocycles. The Morgan fingerprint density at radius 3 is 2.75 bits per heavy atom. The first-order valence-electron chi connectivity index (χ1n) is 7.18. The van der Waals surface area contributed by atoms with Crippen LogP contribution in [0.2, 0.25) is 0 Å². The molecule has 5 nitrogen and oxygen atoms in total. The maximum atomic E-state index is 11.6. The van der Waals surface area contributed by atoms with E-state index in [2.05, 4.69) is 17.3 Å². The van der Waals surface area contributed by atoms with Gasteiger partial charge >= 0.3 is 5.97 Å². The SMILES string of the molecule is CNC1CCC(N(C)Cc2ccoc2C(=O)OC)CC1. The molecule has 1 heterocycles. The Hall–Kier alpha value is -1.33. The van der Waals surface area contributed by atoms with E-state index in [4.69, 9.17) is 9.15 Å². The van der Waals surface area contributed by atoms with Crippen LogP contribution in [0.3, 0.4) is 0 Å². The highest BCUT2D eigenvalue weighted by Gasteiger charge is 2.25. The number of hydrogen-bond acceptors (Lipinski definition) is 5. The van der Waals surface area contributed by atoms with Crippen molar-refractivity contribution in [2.75, 3.05) is 21.2 Å². The molecule has 1 aromatic heterocycles. The summed E-state index contributed by atoms with van der Waals surface area (Å²) in [7, 11) is 5.51. The quantitative estimate of drug-likeness (QED) is 0.836. The summed E-state index contributed by atoms with van der Waals surface area (Å²) in [6.07, 6.45) is 6.34. The van der Waals surface area contributed by atoms with Crippen molar-refractivity contribution in [1.82, 2.24) is 10.2 Å². The molecule has 2 rings (SSSR count). The lowest BCUT2D eigenvalue weighted by molar-refractivity contribution is 0.0561.